The molecule has 1 heterocycles. The first-order valence-corrected chi connectivity index (χ1v) is 8.94. The summed E-state index contributed by atoms with van der Waals surface area (Å²) in [5.41, 5.74) is 1.42. The van der Waals surface area contributed by atoms with Crippen LogP contribution in [0.2, 0.25) is 0 Å². The van der Waals surface area contributed by atoms with Gasteiger partial charge >= 0.3 is 6.36 Å². The molecule has 0 unspecified atom stereocenters. The van der Waals surface area contributed by atoms with Crippen LogP contribution in [0.25, 0.3) is 0 Å². The lowest BCUT2D eigenvalue weighted by atomic mass is 10.2. The molecule has 0 aliphatic carbocycles. The number of thiazole rings is 1. The summed E-state index contributed by atoms with van der Waals surface area (Å²) in [6.45, 7) is 2.81. The number of nitrogens with zero attached hydrogens (tertiary/aromatic N) is 2. The van der Waals surface area contributed by atoms with Gasteiger partial charge in [0.2, 0.25) is 0 Å². The molecule has 2 rings (SSSR count). The second-order valence-corrected chi connectivity index (χ2v) is 6.44. The van der Waals surface area contributed by atoms with E-state index in [9.17, 15) is 13.2 Å². The van der Waals surface area contributed by atoms with E-state index in [2.05, 4.69) is 25.3 Å². The normalized spacial score (nSPS) is 12.1. The van der Waals surface area contributed by atoms with Crippen molar-refractivity contribution in [1.82, 2.24) is 15.6 Å². The van der Waals surface area contributed by atoms with Gasteiger partial charge in [-0.05, 0) is 19.4 Å². The van der Waals surface area contributed by atoms with Gasteiger partial charge in [-0.3, -0.25) is 4.99 Å². The van der Waals surface area contributed by atoms with Crippen LogP contribution in [0.1, 0.15) is 22.7 Å². The Morgan fingerprint density at radius 2 is 2.04 bits per heavy atom. The first-order chi connectivity index (χ1) is 12.4. The topological polar surface area (TPSA) is 58.5 Å². The molecule has 1 aromatic heterocycles. The monoisotopic (exact) mass is 386 g/mol. The van der Waals surface area contributed by atoms with Gasteiger partial charge in [-0.15, -0.1) is 24.5 Å². The van der Waals surface area contributed by atoms with Crippen LogP contribution in [-0.2, 0) is 13.0 Å². The number of rotatable bonds is 7. The van der Waals surface area contributed by atoms with Gasteiger partial charge in [-0.1, -0.05) is 18.2 Å². The summed E-state index contributed by atoms with van der Waals surface area (Å²) in [4.78, 5) is 8.48. The number of nitrogens with one attached hydrogen (secondary N) is 2. The van der Waals surface area contributed by atoms with Gasteiger partial charge in [0.05, 0.1) is 5.01 Å². The summed E-state index contributed by atoms with van der Waals surface area (Å²) in [6.07, 6.45) is -2.98. The minimum absolute atomic E-state index is 0.164. The van der Waals surface area contributed by atoms with Gasteiger partial charge < -0.3 is 15.4 Å². The van der Waals surface area contributed by atoms with E-state index in [0.717, 1.165) is 23.5 Å². The Bertz CT molecular complexity index is 731. The van der Waals surface area contributed by atoms with E-state index in [1.807, 2.05) is 12.3 Å². The van der Waals surface area contributed by atoms with Crippen LogP contribution in [0.4, 0.5) is 13.2 Å². The quantitative estimate of drug-likeness (QED) is 0.433. The van der Waals surface area contributed by atoms with E-state index >= 15 is 0 Å². The molecule has 2 aromatic rings. The van der Waals surface area contributed by atoms with Gasteiger partial charge in [-0.2, -0.15) is 0 Å². The zero-order valence-electron chi connectivity index (χ0n) is 14.6. The van der Waals surface area contributed by atoms with Crippen molar-refractivity contribution in [3.05, 3.63) is 45.9 Å². The van der Waals surface area contributed by atoms with Gasteiger partial charge in [0.15, 0.2) is 5.96 Å². The van der Waals surface area contributed by atoms with Gasteiger partial charge in [0, 0.05) is 43.2 Å². The third kappa shape index (κ3) is 6.91. The first-order valence-electron chi connectivity index (χ1n) is 8.06. The van der Waals surface area contributed by atoms with Crippen molar-refractivity contribution in [1.29, 1.82) is 0 Å². The number of hydrogen-bond acceptors (Lipinski definition) is 4. The molecule has 9 heteroatoms. The van der Waals surface area contributed by atoms with E-state index in [0.29, 0.717) is 18.1 Å². The largest absolute Gasteiger partial charge is 0.573 e. The lowest BCUT2D eigenvalue weighted by Crippen LogP contribution is -2.37. The number of aryl methyl sites for hydroxylation is 2. The van der Waals surface area contributed by atoms with Gasteiger partial charge in [-0.25, -0.2) is 4.98 Å². The lowest BCUT2D eigenvalue weighted by molar-refractivity contribution is -0.274. The Morgan fingerprint density at radius 3 is 2.69 bits per heavy atom. The Labute approximate surface area is 154 Å². The van der Waals surface area contributed by atoms with E-state index in [1.165, 1.54) is 12.1 Å². The highest BCUT2D eigenvalue weighted by molar-refractivity contribution is 7.09. The average molecular weight is 386 g/mol. The molecule has 0 spiro atoms. The molecule has 0 aliphatic rings. The highest BCUT2D eigenvalue weighted by Gasteiger charge is 2.31. The van der Waals surface area contributed by atoms with E-state index in [1.54, 1.807) is 30.5 Å². The molecule has 0 fully saturated rings. The molecule has 0 bridgehead atoms. The Kier molecular flexibility index (Phi) is 7.26. The van der Waals surface area contributed by atoms with E-state index in [4.69, 9.17) is 0 Å². The minimum Gasteiger partial charge on any atom is -0.405 e. The number of guanidine groups is 1. The van der Waals surface area contributed by atoms with Crippen LogP contribution in [0.5, 0.6) is 5.75 Å². The fourth-order valence-corrected chi connectivity index (χ4v) is 3.06. The van der Waals surface area contributed by atoms with E-state index in [-0.39, 0.29) is 12.3 Å². The number of aliphatic imine (C=N–C) groups is 1. The Morgan fingerprint density at radius 1 is 1.27 bits per heavy atom. The fraction of sp³-hybridized carbons (Fsp3) is 0.412. The first kappa shape index (κ1) is 20.0. The molecule has 2 N–H and O–H groups in total. The molecule has 0 radical (unpaired) electrons. The number of halogens is 3. The zero-order valence-corrected chi connectivity index (χ0v) is 15.4. The number of benzene rings is 1. The molecule has 142 valence electrons. The summed E-state index contributed by atoms with van der Waals surface area (Å²) in [7, 11) is 1.61. The van der Waals surface area contributed by atoms with Crippen molar-refractivity contribution in [3.63, 3.8) is 0 Å². The van der Waals surface area contributed by atoms with E-state index < -0.39 is 6.36 Å². The van der Waals surface area contributed by atoms with Crippen LogP contribution in [0.15, 0.2) is 34.6 Å². The molecular formula is C17H21F3N4OS. The molecule has 0 saturated carbocycles. The standard InChI is InChI=1S/C17H21F3N4OS/c1-12-11-26-15(24-12)8-5-9-22-16(21-2)23-10-13-6-3-4-7-14(13)25-17(18,19)20/h3-4,6-7,11H,5,8-10H2,1-2H3,(H2,21,22,23). The summed E-state index contributed by atoms with van der Waals surface area (Å²) in [6, 6.07) is 6.02. The average Bonchev–Trinajstić information content (AvgIpc) is 2.99. The van der Waals surface area contributed by atoms with Crippen molar-refractivity contribution in [3.8, 4) is 5.75 Å². The molecule has 5 nitrogen and oxygen atoms in total. The van der Waals surface area contributed by atoms with Crippen molar-refractivity contribution in [2.24, 2.45) is 4.99 Å². The van der Waals surface area contributed by atoms with Gasteiger partial charge in [0.25, 0.3) is 0 Å². The summed E-state index contributed by atoms with van der Waals surface area (Å²) >= 11 is 1.64. The second-order valence-electron chi connectivity index (χ2n) is 5.49. The van der Waals surface area contributed by atoms with Crippen LogP contribution in [0, 0.1) is 6.92 Å². The molecule has 26 heavy (non-hydrogen) atoms. The second kappa shape index (κ2) is 9.42. The van der Waals surface area contributed by atoms with Crippen LogP contribution >= 0.6 is 11.3 Å². The summed E-state index contributed by atoms with van der Waals surface area (Å²) in [5.74, 6) is 0.296. The van der Waals surface area contributed by atoms with Crippen molar-refractivity contribution < 1.29 is 17.9 Å². The highest BCUT2D eigenvalue weighted by Crippen LogP contribution is 2.26. The SMILES string of the molecule is CN=C(NCCCc1nc(C)cs1)NCc1ccccc1OC(F)(F)F. The van der Waals surface area contributed by atoms with Gasteiger partial charge in [0.1, 0.15) is 5.75 Å². The zero-order chi connectivity index (χ0) is 19.0. The van der Waals surface area contributed by atoms with Crippen molar-refractivity contribution in [2.75, 3.05) is 13.6 Å². The van der Waals surface area contributed by atoms with Crippen LogP contribution in [0.3, 0.4) is 0 Å². The van der Waals surface area contributed by atoms with Crippen molar-refractivity contribution >= 4 is 17.3 Å². The fourth-order valence-electron chi connectivity index (χ4n) is 2.24. The molecule has 0 atom stereocenters. The number of ether oxygens (including phenoxy) is 1. The third-order valence-electron chi connectivity index (χ3n) is 3.39. The Hall–Kier alpha value is -2.29. The molecule has 0 aliphatic heterocycles. The predicted octanol–water partition coefficient (Wildman–Crippen LogP) is 3.65. The summed E-state index contributed by atoms with van der Waals surface area (Å²) < 4.78 is 41.4. The third-order valence-corrected chi connectivity index (χ3v) is 4.42. The van der Waals surface area contributed by atoms with Crippen LogP contribution in [-0.4, -0.2) is 30.9 Å². The highest BCUT2D eigenvalue weighted by atomic mass is 32.1. The maximum atomic E-state index is 12.5. The van der Waals surface area contributed by atoms with Crippen LogP contribution < -0.4 is 15.4 Å². The molecule has 0 saturated heterocycles. The number of para-hydroxylation sites is 1. The maximum Gasteiger partial charge on any atom is 0.573 e. The number of hydrogen-bond donors (Lipinski definition) is 2. The smallest absolute Gasteiger partial charge is 0.405 e. The summed E-state index contributed by atoms with van der Waals surface area (Å²) in [5, 5.41) is 9.24. The molecular weight excluding hydrogens is 365 g/mol. The molecule has 1 aromatic carbocycles. The lowest BCUT2D eigenvalue weighted by Gasteiger charge is -2.15. The Balaban J connectivity index is 1.80. The number of alkyl halides is 3. The molecule has 0 amide bonds. The maximum absolute atomic E-state index is 12.5. The number of aromatic nitrogens is 1. The predicted molar refractivity (Wildman–Crippen MR) is 96.5 cm³/mol. The minimum atomic E-state index is -4.72. The van der Waals surface area contributed by atoms with Crippen molar-refractivity contribution in [2.45, 2.75) is 32.7 Å².